The second kappa shape index (κ2) is 7.71. The Morgan fingerprint density at radius 1 is 1.29 bits per heavy atom. The van der Waals surface area contributed by atoms with E-state index in [0.29, 0.717) is 12.0 Å². The summed E-state index contributed by atoms with van der Waals surface area (Å²) in [7, 11) is 0. The van der Waals surface area contributed by atoms with Crippen LogP contribution < -0.4 is 10.2 Å². The minimum Gasteiger partial charge on any atom is -0.353 e. The number of likely N-dealkylation sites (N-methyl/N-ethyl adjacent to an activating group) is 1. The molecule has 0 spiro atoms. The Bertz CT molecular complexity index is 417. The largest absolute Gasteiger partial charge is 0.353 e. The van der Waals surface area contributed by atoms with Gasteiger partial charge in [0, 0.05) is 32.2 Å². The van der Waals surface area contributed by atoms with Crippen LogP contribution in [0.3, 0.4) is 0 Å². The molecule has 2 rings (SSSR count). The molecule has 0 radical (unpaired) electrons. The minimum atomic E-state index is 0.581. The number of nitrogens with one attached hydrogen (secondary N) is 1. The quantitative estimate of drug-likeness (QED) is 0.865. The van der Waals surface area contributed by atoms with Crippen molar-refractivity contribution < 1.29 is 0 Å². The zero-order valence-corrected chi connectivity index (χ0v) is 13.8. The van der Waals surface area contributed by atoms with Crippen molar-refractivity contribution in [1.82, 2.24) is 20.2 Å². The van der Waals surface area contributed by atoms with Gasteiger partial charge in [-0.25, -0.2) is 4.98 Å². The number of hydrogen-bond donors (Lipinski definition) is 1. The van der Waals surface area contributed by atoms with Gasteiger partial charge >= 0.3 is 0 Å². The van der Waals surface area contributed by atoms with E-state index in [4.69, 9.17) is 0 Å². The van der Waals surface area contributed by atoms with Crippen molar-refractivity contribution in [3.8, 4) is 0 Å². The van der Waals surface area contributed by atoms with Crippen LogP contribution in [-0.4, -0.2) is 53.6 Å². The highest BCUT2D eigenvalue weighted by molar-refractivity contribution is 5.36. The SMILES string of the molecule is CCN1CCN(c2cnc(CNCC(C)C)cn2)CC1C. The smallest absolute Gasteiger partial charge is 0.147 e. The molecule has 1 atom stereocenters. The first-order chi connectivity index (χ1) is 10.1. The maximum absolute atomic E-state index is 4.59. The number of anilines is 1. The van der Waals surface area contributed by atoms with Crippen molar-refractivity contribution in [2.45, 2.75) is 40.3 Å². The van der Waals surface area contributed by atoms with Crippen molar-refractivity contribution >= 4 is 5.82 Å². The summed E-state index contributed by atoms with van der Waals surface area (Å²) in [5, 5.41) is 3.40. The highest BCUT2D eigenvalue weighted by atomic mass is 15.3. The summed E-state index contributed by atoms with van der Waals surface area (Å²) in [4.78, 5) is 14.0. The standard InChI is InChI=1S/C16H29N5/c1-5-20-6-7-21(12-14(20)4)16-11-18-15(10-19-16)9-17-8-13(2)3/h10-11,13-14,17H,5-9,12H2,1-4H3. The van der Waals surface area contributed by atoms with Crippen molar-refractivity contribution in [3.05, 3.63) is 18.1 Å². The summed E-state index contributed by atoms with van der Waals surface area (Å²) >= 11 is 0. The van der Waals surface area contributed by atoms with Crippen LogP contribution in [0.2, 0.25) is 0 Å². The van der Waals surface area contributed by atoms with Crippen LogP contribution in [0.25, 0.3) is 0 Å². The second-order valence-corrected chi connectivity index (χ2v) is 6.31. The van der Waals surface area contributed by atoms with Crippen LogP contribution in [0, 0.1) is 5.92 Å². The third-order valence-corrected chi connectivity index (χ3v) is 4.05. The van der Waals surface area contributed by atoms with E-state index in [-0.39, 0.29) is 0 Å². The molecule has 21 heavy (non-hydrogen) atoms. The highest BCUT2D eigenvalue weighted by Crippen LogP contribution is 2.15. The zero-order valence-electron chi connectivity index (χ0n) is 13.8. The first-order valence-electron chi connectivity index (χ1n) is 8.10. The minimum absolute atomic E-state index is 0.581. The molecule has 1 unspecified atom stereocenters. The molecule has 118 valence electrons. The Hall–Kier alpha value is -1.20. The Kier molecular flexibility index (Phi) is 5.94. The lowest BCUT2D eigenvalue weighted by Gasteiger charge is -2.39. The summed E-state index contributed by atoms with van der Waals surface area (Å²) in [6, 6.07) is 0.581. The fourth-order valence-electron chi connectivity index (χ4n) is 2.76. The van der Waals surface area contributed by atoms with Crippen LogP contribution >= 0.6 is 0 Å². The van der Waals surface area contributed by atoms with Crippen molar-refractivity contribution in [1.29, 1.82) is 0 Å². The molecular formula is C16H29N5. The number of aromatic nitrogens is 2. The molecule has 1 aromatic rings. The molecule has 1 aliphatic rings. The van der Waals surface area contributed by atoms with E-state index >= 15 is 0 Å². The Morgan fingerprint density at radius 2 is 2.10 bits per heavy atom. The molecule has 1 aliphatic heterocycles. The Balaban J connectivity index is 1.87. The molecule has 5 heteroatoms. The molecule has 1 N–H and O–H groups in total. The van der Waals surface area contributed by atoms with Crippen LogP contribution in [-0.2, 0) is 6.54 Å². The monoisotopic (exact) mass is 291 g/mol. The second-order valence-electron chi connectivity index (χ2n) is 6.31. The summed E-state index contributed by atoms with van der Waals surface area (Å²) in [5.41, 5.74) is 1.01. The van der Waals surface area contributed by atoms with Gasteiger partial charge in [0.05, 0.1) is 18.1 Å². The van der Waals surface area contributed by atoms with E-state index in [1.165, 1.54) is 0 Å². The molecule has 1 saturated heterocycles. The van der Waals surface area contributed by atoms with E-state index in [9.17, 15) is 0 Å². The van der Waals surface area contributed by atoms with Crippen molar-refractivity contribution in [3.63, 3.8) is 0 Å². The maximum Gasteiger partial charge on any atom is 0.147 e. The normalized spacial score (nSPS) is 20.2. The number of rotatable bonds is 6. The van der Waals surface area contributed by atoms with Gasteiger partial charge in [0.25, 0.3) is 0 Å². The maximum atomic E-state index is 4.59. The average molecular weight is 291 g/mol. The van der Waals surface area contributed by atoms with E-state index in [1.54, 1.807) is 0 Å². The van der Waals surface area contributed by atoms with Gasteiger partial charge < -0.3 is 10.2 Å². The van der Waals surface area contributed by atoms with E-state index in [1.807, 2.05) is 12.4 Å². The molecule has 1 fully saturated rings. The highest BCUT2D eigenvalue weighted by Gasteiger charge is 2.23. The average Bonchev–Trinajstić information content (AvgIpc) is 2.47. The van der Waals surface area contributed by atoms with Gasteiger partial charge in [-0.1, -0.05) is 20.8 Å². The molecule has 0 amide bonds. The lowest BCUT2D eigenvalue weighted by atomic mass is 10.2. The third kappa shape index (κ3) is 4.64. The molecule has 0 saturated carbocycles. The van der Waals surface area contributed by atoms with E-state index in [0.717, 1.165) is 50.8 Å². The predicted molar refractivity (Wildman–Crippen MR) is 87.5 cm³/mol. The van der Waals surface area contributed by atoms with Gasteiger partial charge in [-0.05, 0) is 25.9 Å². The van der Waals surface area contributed by atoms with Crippen LogP contribution in [0.4, 0.5) is 5.82 Å². The summed E-state index contributed by atoms with van der Waals surface area (Å²) in [6.45, 7) is 15.0. The first-order valence-corrected chi connectivity index (χ1v) is 8.10. The predicted octanol–water partition coefficient (Wildman–Crippen LogP) is 1.75. The van der Waals surface area contributed by atoms with Gasteiger partial charge in [0.1, 0.15) is 5.82 Å². The van der Waals surface area contributed by atoms with E-state index < -0.39 is 0 Å². The van der Waals surface area contributed by atoms with Gasteiger partial charge in [0.2, 0.25) is 0 Å². The van der Waals surface area contributed by atoms with Crippen molar-refractivity contribution in [2.75, 3.05) is 37.6 Å². The molecule has 2 heterocycles. The van der Waals surface area contributed by atoms with Crippen LogP contribution in [0.15, 0.2) is 12.4 Å². The molecule has 0 bridgehead atoms. The first kappa shape index (κ1) is 16.2. The van der Waals surface area contributed by atoms with Crippen LogP contribution in [0.1, 0.15) is 33.4 Å². The van der Waals surface area contributed by atoms with Gasteiger partial charge in [-0.2, -0.15) is 0 Å². The Morgan fingerprint density at radius 3 is 2.67 bits per heavy atom. The van der Waals surface area contributed by atoms with Crippen LogP contribution in [0.5, 0.6) is 0 Å². The van der Waals surface area contributed by atoms with Gasteiger partial charge in [0.15, 0.2) is 0 Å². The Labute approximate surface area is 128 Å². The molecule has 1 aromatic heterocycles. The molecular weight excluding hydrogens is 262 g/mol. The third-order valence-electron chi connectivity index (χ3n) is 4.05. The summed E-state index contributed by atoms with van der Waals surface area (Å²) < 4.78 is 0. The van der Waals surface area contributed by atoms with Gasteiger partial charge in [-0.15, -0.1) is 0 Å². The van der Waals surface area contributed by atoms with Crippen molar-refractivity contribution in [2.24, 2.45) is 5.92 Å². The number of piperazine rings is 1. The number of nitrogens with zero attached hydrogens (tertiary/aromatic N) is 4. The topological polar surface area (TPSA) is 44.3 Å². The summed E-state index contributed by atoms with van der Waals surface area (Å²) in [5.74, 6) is 1.67. The number of hydrogen-bond acceptors (Lipinski definition) is 5. The fraction of sp³-hybridized carbons (Fsp3) is 0.750. The summed E-state index contributed by atoms with van der Waals surface area (Å²) in [6.07, 6.45) is 3.82. The zero-order chi connectivity index (χ0) is 15.2. The lowest BCUT2D eigenvalue weighted by Crippen LogP contribution is -2.52. The van der Waals surface area contributed by atoms with Gasteiger partial charge in [-0.3, -0.25) is 9.88 Å². The molecule has 5 nitrogen and oxygen atoms in total. The lowest BCUT2D eigenvalue weighted by molar-refractivity contribution is 0.199. The molecule has 0 aliphatic carbocycles. The van der Waals surface area contributed by atoms with E-state index in [2.05, 4.69) is 52.8 Å². The molecule has 0 aromatic carbocycles. The fourth-order valence-corrected chi connectivity index (χ4v) is 2.76.